The fraction of sp³-hybridized carbons (Fsp3) is 0.778. The Labute approximate surface area is 129 Å². The smallest absolute Gasteiger partial charge is 0.0443 e. The Morgan fingerprint density at radius 2 is 2.00 bits per heavy atom. The highest BCUT2D eigenvalue weighted by Gasteiger charge is 2.31. The molecule has 0 radical (unpaired) electrons. The van der Waals surface area contributed by atoms with E-state index in [0.717, 1.165) is 24.3 Å². The number of nitrogens with one attached hydrogen (secondary N) is 1. The number of thiophene rings is 1. The summed E-state index contributed by atoms with van der Waals surface area (Å²) < 4.78 is 0. The zero-order valence-corrected chi connectivity index (χ0v) is 14.6. The van der Waals surface area contributed by atoms with Crippen molar-refractivity contribution in [2.45, 2.75) is 66.3 Å². The molecule has 1 aliphatic carbocycles. The topological polar surface area (TPSA) is 12.0 Å². The van der Waals surface area contributed by atoms with Gasteiger partial charge in [-0.25, -0.2) is 0 Å². The van der Waals surface area contributed by atoms with Gasteiger partial charge in [0.05, 0.1) is 0 Å². The fourth-order valence-corrected chi connectivity index (χ4v) is 4.66. The van der Waals surface area contributed by atoms with Crippen molar-refractivity contribution in [3.63, 3.8) is 0 Å². The van der Waals surface area contributed by atoms with Crippen molar-refractivity contribution < 1.29 is 0 Å². The lowest BCUT2D eigenvalue weighted by atomic mass is 9.73. The van der Waals surface area contributed by atoms with E-state index in [1.54, 1.807) is 4.88 Å². The first-order chi connectivity index (χ1) is 9.52. The zero-order valence-electron chi connectivity index (χ0n) is 13.8. The monoisotopic (exact) mass is 293 g/mol. The van der Waals surface area contributed by atoms with E-state index in [1.165, 1.54) is 36.1 Å². The van der Waals surface area contributed by atoms with Crippen LogP contribution in [0.2, 0.25) is 0 Å². The lowest BCUT2D eigenvalue weighted by Crippen LogP contribution is -2.33. The van der Waals surface area contributed by atoms with Crippen LogP contribution in [0.4, 0.5) is 0 Å². The maximum Gasteiger partial charge on any atom is 0.0443 e. The Morgan fingerprint density at radius 3 is 2.55 bits per heavy atom. The van der Waals surface area contributed by atoms with Gasteiger partial charge in [-0.15, -0.1) is 11.3 Å². The van der Waals surface area contributed by atoms with Crippen LogP contribution in [0.5, 0.6) is 0 Å². The largest absolute Gasteiger partial charge is 0.309 e. The highest BCUT2D eigenvalue weighted by Crippen LogP contribution is 2.41. The third-order valence-corrected chi connectivity index (χ3v) is 6.45. The Balaban J connectivity index is 2.14. The lowest BCUT2D eigenvalue weighted by molar-refractivity contribution is 0.172. The van der Waals surface area contributed by atoms with Gasteiger partial charge in [-0.2, -0.15) is 0 Å². The van der Waals surface area contributed by atoms with Gasteiger partial charge in [0.25, 0.3) is 0 Å². The molecular weight excluding hydrogens is 262 g/mol. The van der Waals surface area contributed by atoms with Gasteiger partial charge in [-0.1, -0.05) is 27.2 Å². The molecule has 1 heterocycles. The molecule has 1 saturated carbocycles. The van der Waals surface area contributed by atoms with Gasteiger partial charge in [-0.05, 0) is 69.0 Å². The minimum absolute atomic E-state index is 0.585. The van der Waals surface area contributed by atoms with E-state index >= 15 is 0 Å². The molecule has 4 atom stereocenters. The summed E-state index contributed by atoms with van der Waals surface area (Å²) >= 11 is 2.01. The number of rotatable bonds is 5. The van der Waals surface area contributed by atoms with E-state index in [1.807, 2.05) is 11.3 Å². The van der Waals surface area contributed by atoms with Crippen LogP contribution in [-0.4, -0.2) is 6.54 Å². The predicted octanol–water partition coefficient (Wildman–Crippen LogP) is 5.48. The molecule has 1 fully saturated rings. The molecule has 0 bridgehead atoms. The van der Waals surface area contributed by atoms with E-state index in [2.05, 4.69) is 46.0 Å². The molecule has 2 rings (SSSR count). The first-order valence-electron chi connectivity index (χ1n) is 8.33. The van der Waals surface area contributed by atoms with Crippen LogP contribution in [0.3, 0.4) is 0 Å². The summed E-state index contributed by atoms with van der Waals surface area (Å²) in [5, 5.41) is 3.84. The van der Waals surface area contributed by atoms with Gasteiger partial charge in [0.2, 0.25) is 0 Å². The molecule has 1 aromatic rings. The third kappa shape index (κ3) is 3.65. The first-order valence-corrected chi connectivity index (χ1v) is 9.14. The van der Waals surface area contributed by atoms with Crippen LogP contribution in [0, 0.1) is 31.6 Å². The molecule has 1 N–H and O–H groups in total. The normalized spacial score (nSPS) is 28.6. The standard InChI is InChI=1S/C18H31NS/c1-6-9-19-18(17-11-14(4)15(5)20-17)16-8-7-12(2)13(3)10-16/h11-13,16,18-19H,6-10H2,1-5H3. The third-order valence-electron chi connectivity index (χ3n) is 5.22. The van der Waals surface area contributed by atoms with Crippen LogP contribution in [-0.2, 0) is 0 Å². The first kappa shape index (κ1) is 16.0. The molecule has 4 unspecified atom stereocenters. The Hall–Kier alpha value is -0.340. The van der Waals surface area contributed by atoms with Crippen molar-refractivity contribution in [3.8, 4) is 0 Å². The summed E-state index contributed by atoms with van der Waals surface area (Å²) in [6.45, 7) is 12.8. The molecule has 0 aromatic carbocycles. The zero-order chi connectivity index (χ0) is 14.7. The molecule has 0 amide bonds. The second-order valence-electron chi connectivity index (χ2n) is 6.85. The van der Waals surface area contributed by atoms with Crippen molar-refractivity contribution >= 4 is 11.3 Å². The highest BCUT2D eigenvalue weighted by atomic mass is 32.1. The van der Waals surface area contributed by atoms with Crippen molar-refractivity contribution in [2.75, 3.05) is 6.54 Å². The molecule has 0 spiro atoms. The van der Waals surface area contributed by atoms with E-state index in [-0.39, 0.29) is 0 Å². The van der Waals surface area contributed by atoms with Gasteiger partial charge < -0.3 is 5.32 Å². The van der Waals surface area contributed by atoms with Gasteiger partial charge in [0.15, 0.2) is 0 Å². The van der Waals surface area contributed by atoms with Crippen LogP contribution in [0.25, 0.3) is 0 Å². The van der Waals surface area contributed by atoms with Crippen molar-refractivity contribution in [2.24, 2.45) is 17.8 Å². The minimum atomic E-state index is 0.585. The summed E-state index contributed by atoms with van der Waals surface area (Å²) in [4.78, 5) is 3.06. The second-order valence-corrected chi connectivity index (χ2v) is 8.14. The van der Waals surface area contributed by atoms with E-state index in [4.69, 9.17) is 0 Å². The molecule has 1 aliphatic rings. The average molecular weight is 294 g/mol. The van der Waals surface area contributed by atoms with Crippen LogP contribution >= 0.6 is 11.3 Å². The van der Waals surface area contributed by atoms with Gasteiger partial charge >= 0.3 is 0 Å². The maximum absolute atomic E-state index is 3.84. The Bertz CT molecular complexity index is 404. The Morgan fingerprint density at radius 1 is 1.25 bits per heavy atom. The van der Waals surface area contributed by atoms with Gasteiger partial charge in [0, 0.05) is 15.8 Å². The Kier molecular flexibility index (Phi) is 5.68. The average Bonchev–Trinajstić information content (AvgIpc) is 2.74. The summed E-state index contributed by atoms with van der Waals surface area (Å²) in [6, 6.07) is 3.01. The fourth-order valence-electron chi connectivity index (χ4n) is 3.45. The molecule has 114 valence electrons. The second kappa shape index (κ2) is 7.09. The number of aryl methyl sites for hydroxylation is 2. The van der Waals surface area contributed by atoms with Crippen molar-refractivity contribution in [1.82, 2.24) is 5.32 Å². The summed E-state index contributed by atoms with van der Waals surface area (Å²) in [5.74, 6) is 2.61. The molecule has 1 nitrogen and oxygen atoms in total. The van der Waals surface area contributed by atoms with Crippen molar-refractivity contribution in [3.05, 3.63) is 21.4 Å². The molecule has 0 aliphatic heterocycles. The van der Waals surface area contributed by atoms with Gasteiger partial charge in [-0.3, -0.25) is 0 Å². The van der Waals surface area contributed by atoms with Crippen LogP contribution in [0.15, 0.2) is 6.07 Å². The van der Waals surface area contributed by atoms with E-state index < -0.39 is 0 Å². The maximum atomic E-state index is 3.84. The van der Waals surface area contributed by atoms with Crippen LogP contribution in [0.1, 0.15) is 67.8 Å². The minimum Gasteiger partial charge on any atom is -0.309 e. The quantitative estimate of drug-likeness (QED) is 0.758. The summed E-state index contributed by atoms with van der Waals surface area (Å²) in [6.07, 6.45) is 5.40. The summed E-state index contributed by atoms with van der Waals surface area (Å²) in [5.41, 5.74) is 1.46. The molecule has 20 heavy (non-hydrogen) atoms. The van der Waals surface area contributed by atoms with Crippen molar-refractivity contribution in [1.29, 1.82) is 0 Å². The van der Waals surface area contributed by atoms with E-state index in [9.17, 15) is 0 Å². The molecular formula is C18H31NS. The molecule has 0 saturated heterocycles. The lowest BCUT2D eigenvalue weighted by Gasteiger charge is -2.37. The van der Waals surface area contributed by atoms with Crippen LogP contribution < -0.4 is 5.32 Å². The number of hydrogen-bond donors (Lipinski definition) is 1. The van der Waals surface area contributed by atoms with Gasteiger partial charge in [0.1, 0.15) is 0 Å². The summed E-state index contributed by atoms with van der Waals surface area (Å²) in [7, 11) is 0. The molecule has 1 aromatic heterocycles. The van der Waals surface area contributed by atoms with E-state index in [0.29, 0.717) is 6.04 Å². The molecule has 2 heteroatoms. The SMILES string of the molecule is CCCNC(c1cc(C)c(C)s1)C1CCC(C)C(C)C1. The predicted molar refractivity (Wildman–Crippen MR) is 90.5 cm³/mol. The number of hydrogen-bond acceptors (Lipinski definition) is 2. The highest BCUT2D eigenvalue weighted by molar-refractivity contribution is 7.12.